The van der Waals surface area contributed by atoms with E-state index < -0.39 is 75.7 Å². The zero-order valence-corrected chi connectivity index (χ0v) is 48.3. The molecule has 20 nitrogen and oxygen atoms in total. The number of fused-ring (bicyclic) bond motifs is 2. The normalized spacial score (nSPS) is 17.4. The maximum Gasteiger partial charge on any atom is 0.284 e. The first-order valence-corrected chi connectivity index (χ1v) is 30.5. The van der Waals surface area contributed by atoms with E-state index in [-0.39, 0.29) is 50.4 Å². The second kappa shape index (κ2) is 25.7. The van der Waals surface area contributed by atoms with Crippen molar-refractivity contribution < 1.29 is 42.6 Å². The molecule has 432 valence electrons. The minimum atomic E-state index is -4.24. The highest BCUT2D eigenvalue weighted by Gasteiger charge is 2.45. The number of likely N-dealkylation sites (tertiary alicyclic amines) is 1. The number of hydrogen-bond acceptors (Lipinski definition) is 15. The highest BCUT2D eigenvalue weighted by atomic mass is 32.2. The molecule has 9 rings (SSSR count). The summed E-state index contributed by atoms with van der Waals surface area (Å²) < 4.78 is 31.8. The number of pyridine rings is 2. The molecular formula is C60H71N11O9S2. The molecule has 22 heteroatoms. The number of carbonyl (C=O) groups excluding carboxylic acids is 5. The number of aliphatic hydroxyl groups excluding tert-OH is 2. The van der Waals surface area contributed by atoms with Gasteiger partial charge in [-0.05, 0) is 110 Å². The van der Waals surface area contributed by atoms with Gasteiger partial charge in [0.25, 0.3) is 11.8 Å². The van der Waals surface area contributed by atoms with Gasteiger partial charge in [0.15, 0.2) is 5.13 Å². The van der Waals surface area contributed by atoms with Gasteiger partial charge in [-0.15, -0.1) is 6.42 Å². The first kappa shape index (κ1) is 59.1. The van der Waals surface area contributed by atoms with Gasteiger partial charge in [0.05, 0.1) is 30.7 Å². The van der Waals surface area contributed by atoms with Crippen LogP contribution in [-0.4, -0.2) is 121 Å². The molecule has 4 atom stereocenters. The van der Waals surface area contributed by atoms with Crippen molar-refractivity contribution in [3.63, 3.8) is 0 Å². The van der Waals surface area contributed by atoms with Crippen LogP contribution in [0.2, 0.25) is 0 Å². The third-order valence-corrected chi connectivity index (χ3v) is 17.9. The van der Waals surface area contributed by atoms with Crippen LogP contribution in [0.5, 0.6) is 0 Å². The fourth-order valence-electron chi connectivity index (χ4n) is 11.2. The van der Waals surface area contributed by atoms with Gasteiger partial charge in [-0.1, -0.05) is 88.0 Å². The number of terminal acetylenes is 1. The smallest absolute Gasteiger partial charge is 0.284 e. The van der Waals surface area contributed by atoms with Crippen LogP contribution in [0.4, 0.5) is 10.9 Å². The standard InChI is InChI=1S/C60H71N11O9S2/c1-6-38-21-23-41(24-22-38)48(36-72)63-55(76)49-31-42(73)34-70(49)58(78)53(60(3,4)5)66-51(74)20-11-8-12-30-82(79,80)68-56(77)52-43(45-32-62-71(37(45)2)33-39-15-9-7-10-16-39)25-26-50(65-52)69-29-27-40-17-13-18-44(46(40)35-69)54(75)67-59-64-47-19-14-28-61-57(47)81-59/h1,13-14,17-19,21-26,28,32,39,42,48-49,53,72-73H,7-12,15-16,20,27,29-31,33-36H2,2-5H3,(H,63,76)(H,66,74)(H,68,77)(H,64,67,75)/t42-,48+,49+,53-/m1/s1. The Morgan fingerprint density at radius 3 is 2.43 bits per heavy atom. The minimum absolute atomic E-state index is 0.0422. The van der Waals surface area contributed by atoms with Gasteiger partial charge in [0.2, 0.25) is 27.7 Å². The third-order valence-electron chi connectivity index (χ3n) is 15.7. The summed E-state index contributed by atoms with van der Waals surface area (Å²) in [5, 5.41) is 34.6. The molecule has 0 radical (unpaired) electrons. The van der Waals surface area contributed by atoms with Crippen LogP contribution in [0.25, 0.3) is 21.5 Å². The van der Waals surface area contributed by atoms with Crippen LogP contribution in [0.15, 0.2) is 79.1 Å². The predicted octanol–water partition coefficient (Wildman–Crippen LogP) is 6.60. The van der Waals surface area contributed by atoms with E-state index in [1.165, 1.54) is 35.5 Å². The number of sulfonamides is 1. The Labute approximate surface area is 482 Å². The number of hydrogen-bond donors (Lipinski definition) is 6. The van der Waals surface area contributed by atoms with Crippen LogP contribution in [0.1, 0.15) is 140 Å². The highest BCUT2D eigenvalue weighted by molar-refractivity contribution is 7.90. The Morgan fingerprint density at radius 1 is 0.915 bits per heavy atom. The van der Waals surface area contributed by atoms with Gasteiger partial charge in [0, 0.05) is 73.2 Å². The van der Waals surface area contributed by atoms with E-state index in [4.69, 9.17) is 16.5 Å². The second-order valence-electron chi connectivity index (χ2n) is 22.6. The van der Waals surface area contributed by atoms with E-state index in [1.807, 2.05) is 34.7 Å². The molecule has 0 spiro atoms. The number of aliphatic hydroxyl groups is 2. The number of nitrogens with zero attached hydrogens (tertiary/aromatic N) is 7. The molecule has 6 aromatic rings. The van der Waals surface area contributed by atoms with E-state index in [0.29, 0.717) is 74.4 Å². The van der Waals surface area contributed by atoms with E-state index in [2.05, 4.69) is 36.6 Å². The molecule has 0 unspecified atom stereocenters. The van der Waals surface area contributed by atoms with Crippen LogP contribution >= 0.6 is 11.3 Å². The van der Waals surface area contributed by atoms with Crippen LogP contribution in [-0.2, 0) is 43.9 Å². The lowest BCUT2D eigenvalue weighted by molar-refractivity contribution is -0.144. The Morgan fingerprint density at radius 2 is 1.70 bits per heavy atom. The summed E-state index contributed by atoms with van der Waals surface area (Å²) in [6, 6.07) is 16.6. The number of rotatable bonds is 20. The fraction of sp³-hybridized carbons (Fsp3) is 0.450. The lowest BCUT2D eigenvalue weighted by Crippen LogP contribution is -2.58. The topological polar surface area (TPSA) is 271 Å². The SMILES string of the molecule is C#Cc1ccc([C@H](CO)NC(=O)[C@@H]2C[C@@H](O)CN2C(=O)[C@@H](NC(=O)CCCCCS(=O)(=O)NC(=O)c2nc(N3CCc4cccc(C(=O)Nc5nc6cccnc6s5)c4C3)ccc2-c2cnn(CC3CCCCC3)c2C)C(C)(C)C)cc1. The number of benzene rings is 2. The summed E-state index contributed by atoms with van der Waals surface area (Å²) in [5.41, 5.74) is 5.14. The number of amides is 5. The van der Waals surface area contributed by atoms with E-state index >= 15 is 0 Å². The number of unbranched alkanes of at least 4 members (excludes halogenated alkanes) is 2. The first-order chi connectivity index (χ1) is 39.3. The Kier molecular flexibility index (Phi) is 18.5. The van der Waals surface area contributed by atoms with Gasteiger partial charge in [-0.25, -0.2) is 28.1 Å². The molecule has 6 heterocycles. The molecular weight excluding hydrogens is 1080 g/mol. The van der Waals surface area contributed by atoms with Crippen LogP contribution in [0.3, 0.4) is 0 Å². The zero-order chi connectivity index (χ0) is 58.3. The Balaban J connectivity index is 0.843. The van der Waals surface area contributed by atoms with Crippen molar-refractivity contribution >= 4 is 72.2 Å². The molecule has 3 aliphatic rings. The first-order valence-electron chi connectivity index (χ1n) is 28.0. The number of aromatic nitrogens is 5. The van der Waals surface area contributed by atoms with Gasteiger partial charge in [0.1, 0.15) is 33.9 Å². The molecule has 0 bridgehead atoms. The Hall–Kier alpha value is -7.58. The lowest BCUT2D eigenvalue weighted by Gasteiger charge is -2.35. The third kappa shape index (κ3) is 14.0. The molecule has 2 fully saturated rings. The average molecular weight is 1150 g/mol. The molecule has 5 amide bonds. The highest BCUT2D eigenvalue weighted by Crippen LogP contribution is 2.34. The molecule has 1 aliphatic carbocycles. The van der Waals surface area contributed by atoms with Crippen LogP contribution < -0.4 is 25.6 Å². The zero-order valence-electron chi connectivity index (χ0n) is 46.7. The summed E-state index contributed by atoms with van der Waals surface area (Å²) >= 11 is 1.28. The van der Waals surface area contributed by atoms with Gasteiger partial charge < -0.3 is 30.6 Å². The fourth-order valence-corrected chi connectivity index (χ4v) is 13.0. The number of β-amino-alcohol motifs (C(OH)–C–C–N with tert-alkyl or cyclic N) is 1. The molecule has 2 aliphatic heterocycles. The summed E-state index contributed by atoms with van der Waals surface area (Å²) in [7, 11) is -4.24. The largest absolute Gasteiger partial charge is 0.394 e. The Bertz CT molecular complexity index is 3460. The average Bonchev–Trinajstić information content (AvgIpc) is 4.13. The molecule has 1 saturated carbocycles. The molecule has 1 saturated heterocycles. The number of anilines is 2. The molecule has 82 heavy (non-hydrogen) atoms. The van der Waals surface area contributed by atoms with Crippen molar-refractivity contribution in [2.75, 3.05) is 35.7 Å². The molecule has 2 aromatic carbocycles. The van der Waals surface area contributed by atoms with E-state index in [0.717, 1.165) is 36.2 Å². The summed E-state index contributed by atoms with van der Waals surface area (Å²) in [6.45, 7) is 8.21. The van der Waals surface area contributed by atoms with Crippen molar-refractivity contribution in [1.82, 2.24) is 45.0 Å². The van der Waals surface area contributed by atoms with Crippen molar-refractivity contribution in [2.45, 2.75) is 136 Å². The van der Waals surface area contributed by atoms with Gasteiger partial charge in [-0.3, -0.25) is 34.0 Å². The number of nitrogens with one attached hydrogen (secondary N) is 4. The summed E-state index contributed by atoms with van der Waals surface area (Å²) in [5.74, 6) is 0.165. The second-order valence-corrected chi connectivity index (χ2v) is 25.5. The monoisotopic (exact) mass is 1150 g/mol. The van der Waals surface area contributed by atoms with Crippen molar-refractivity contribution in [3.05, 3.63) is 118 Å². The maximum atomic E-state index is 14.4. The quantitative estimate of drug-likeness (QED) is 0.0348. The number of carbonyl (C=O) groups is 5. The maximum absolute atomic E-state index is 14.4. The summed E-state index contributed by atoms with van der Waals surface area (Å²) in [4.78, 5) is 87.4. The molecule has 6 N–H and O–H groups in total. The number of thiazole rings is 1. The van der Waals surface area contributed by atoms with Crippen molar-refractivity contribution in [1.29, 1.82) is 0 Å². The van der Waals surface area contributed by atoms with Gasteiger partial charge >= 0.3 is 0 Å². The summed E-state index contributed by atoms with van der Waals surface area (Å²) in [6.07, 6.45) is 14.8. The van der Waals surface area contributed by atoms with Crippen molar-refractivity contribution in [3.8, 4) is 23.5 Å². The van der Waals surface area contributed by atoms with E-state index in [1.54, 1.807) is 81.7 Å². The van der Waals surface area contributed by atoms with Gasteiger partial charge in [-0.2, -0.15) is 5.10 Å². The predicted molar refractivity (Wildman–Crippen MR) is 313 cm³/mol. The lowest BCUT2D eigenvalue weighted by atomic mass is 9.85. The van der Waals surface area contributed by atoms with Crippen LogP contribution in [0, 0.1) is 30.6 Å². The molecule has 4 aromatic heterocycles. The van der Waals surface area contributed by atoms with E-state index in [9.17, 15) is 42.6 Å². The minimum Gasteiger partial charge on any atom is -0.394 e. The van der Waals surface area contributed by atoms with Crippen molar-refractivity contribution in [2.24, 2.45) is 11.3 Å².